The number of piperazine rings is 1. The first-order valence-electron chi connectivity index (χ1n) is 32.8. The highest BCUT2D eigenvalue weighted by Crippen LogP contribution is 2.40. The lowest BCUT2D eigenvalue weighted by Crippen LogP contribution is -2.52. The Kier molecular flexibility index (Phi) is 21.7. The number of fused-ring (bicyclic) bond motifs is 2. The van der Waals surface area contributed by atoms with Crippen LogP contribution in [0.25, 0.3) is 0 Å². The summed E-state index contributed by atoms with van der Waals surface area (Å²) in [5, 5.41) is 19.6. The predicted octanol–water partition coefficient (Wildman–Crippen LogP) is 12.6. The molecule has 4 saturated heterocycles. The van der Waals surface area contributed by atoms with Crippen molar-refractivity contribution in [3.63, 3.8) is 0 Å². The minimum atomic E-state index is -3.85. The summed E-state index contributed by atoms with van der Waals surface area (Å²) in [6.07, 6.45) is 7.88. The van der Waals surface area contributed by atoms with E-state index in [1.807, 2.05) is 54.6 Å². The SMILES string of the molecule is CC(=O)Nc1ccc2c(c1)CCN2[C@H]1CCN(c2ccc(S(=O)(=O)Nc3nccs3)cc2)C1=O.N#Cc1ccsc1NS(=O)(=O)c1ccc(N2CC[C@H](N3CCCc4cc(Cl)ccc43)C2=O)cc1.O=C1[C@@H](N2CCN(c3cccc(Cl)c3Cl)CC2)CCN1c1ccc(S(=O)(=O)Nc2nccs2)cc1.[HH].[HH].[HH]. The largest absolute Gasteiger partial charge is 0.368 e. The van der Waals surface area contributed by atoms with E-state index < -0.39 is 30.1 Å². The monoisotopic (exact) mass is 1570 g/mol. The minimum absolute atomic E-state index is 0. The van der Waals surface area contributed by atoms with Crippen molar-refractivity contribution in [2.75, 3.05) is 108 Å². The smallest absolute Gasteiger partial charge is 0.263 e. The molecule has 0 bridgehead atoms. The molecule has 9 heterocycles. The summed E-state index contributed by atoms with van der Waals surface area (Å²) in [6.45, 7) is 7.73. The molecule has 0 aliphatic carbocycles. The van der Waals surface area contributed by atoms with Gasteiger partial charge in [0.2, 0.25) is 23.6 Å². The van der Waals surface area contributed by atoms with Crippen LogP contribution in [0.1, 0.15) is 53.6 Å². The van der Waals surface area contributed by atoms with Gasteiger partial charge in [0, 0.05) is 132 Å². The van der Waals surface area contributed by atoms with Crippen LogP contribution in [0, 0.1) is 11.3 Å². The summed E-state index contributed by atoms with van der Waals surface area (Å²) in [7, 11) is -11.3. The van der Waals surface area contributed by atoms with E-state index >= 15 is 0 Å². The van der Waals surface area contributed by atoms with E-state index in [2.05, 4.69) is 49.1 Å². The first-order chi connectivity index (χ1) is 49.5. The number of nitrogens with one attached hydrogen (secondary N) is 4. The van der Waals surface area contributed by atoms with Gasteiger partial charge in [-0.15, -0.1) is 34.0 Å². The fourth-order valence-electron chi connectivity index (χ4n) is 13.6. The van der Waals surface area contributed by atoms with Crippen molar-refractivity contribution in [1.82, 2.24) is 14.9 Å². The highest BCUT2D eigenvalue weighted by molar-refractivity contribution is 7.93. The van der Waals surface area contributed by atoms with Crippen molar-refractivity contribution in [2.45, 2.75) is 78.3 Å². The number of hydrogen-bond donors (Lipinski definition) is 4. The van der Waals surface area contributed by atoms with Gasteiger partial charge < -0.3 is 34.7 Å². The summed E-state index contributed by atoms with van der Waals surface area (Å²) in [5.74, 6) is -0.0750. The number of carbonyl (C=O) groups is 4. The van der Waals surface area contributed by atoms with Crippen LogP contribution in [0.3, 0.4) is 0 Å². The van der Waals surface area contributed by atoms with Crippen LogP contribution in [-0.4, -0.2) is 141 Å². The van der Waals surface area contributed by atoms with Crippen molar-refractivity contribution in [3.05, 3.63) is 194 Å². The maximum Gasteiger partial charge on any atom is 0.263 e. The number of aryl methyl sites for hydroxylation is 1. The topological polar surface area (TPSA) is 291 Å². The summed E-state index contributed by atoms with van der Waals surface area (Å²) in [5.41, 5.74) is 8.32. The van der Waals surface area contributed by atoms with Crippen LogP contribution in [0.15, 0.2) is 177 Å². The molecule has 3 aromatic heterocycles. The Bertz CT molecular complexity index is 5070. The summed E-state index contributed by atoms with van der Waals surface area (Å²) in [6, 6.07) is 39.0. The highest BCUT2D eigenvalue weighted by atomic mass is 35.5. The van der Waals surface area contributed by atoms with Gasteiger partial charge in [-0.25, -0.2) is 35.2 Å². The first-order valence-corrected chi connectivity index (χ1v) is 41.0. The van der Waals surface area contributed by atoms with Gasteiger partial charge in [-0.3, -0.25) is 38.2 Å². The molecule has 6 aliphatic rings. The second-order valence-electron chi connectivity index (χ2n) is 24.8. The molecule has 33 heteroatoms. The van der Waals surface area contributed by atoms with Crippen LogP contribution in [-0.2, 0) is 62.1 Å². The number of anilines is 10. The van der Waals surface area contributed by atoms with Gasteiger partial charge in [-0.2, -0.15) is 5.26 Å². The number of hydrogen-bond acceptors (Lipinski definition) is 20. The van der Waals surface area contributed by atoms with E-state index in [0.29, 0.717) is 74.9 Å². The molecule has 15 rings (SSSR count). The molecule has 4 N–H and O–H groups in total. The van der Waals surface area contributed by atoms with Crippen molar-refractivity contribution in [3.8, 4) is 6.07 Å². The Morgan fingerprint density at radius 2 is 1.03 bits per heavy atom. The Morgan fingerprint density at radius 3 is 1.54 bits per heavy atom. The minimum Gasteiger partial charge on any atom is -0.368 e. The molecule has 0 saturated carbocycles. The molecule has 0 spiro atoms. The average Bonchev–Trinajstić information content (AvgIpc) is 1.61. The fraction of sp³-hybridized carbons (Fsp3) is 0.271. The van der Waals surface area contributed by atoms with E-state index in [0.717, 1.165) is 110 Å². The second-order valence-corrected chi connectivity index (χ2v) is 33.7. The van der Waals surface area contributed by atoms with Gasteiger partial charge in [0.05, 0.1) is 42.0 Å². The lowest BCUT2D eigenvalue weighted by atomic mass is 9.99. The third-order valence-corrected chi connectivity index (χ3v) is 26.2. The number of halogens is 3. The molecular formula is C70H73Cl3N14O10S6. The molecule has 6 aliphatic heterocycles. The fourth-order valence-corrected chi connectivity index (χ4v) is 19.9. The summed E-state index contributed by atoms with van der Waals surface area (Å²) < 4.78 is 83.2. The number of thiophene rings is 1. The Morgan fingerprint density at radius 1 is 0.534 bits per heavy atom. The van der Waals surface area contributed by atoms with Crippen molar-refractivity contribution in [1.29, 1.82) is 5.26 Å². The average molecular weight is 1570 g/mol. The zero-order chi connectivity index (χ0) is 72.3. The zero-order valence-electron chi connectivity index (χ0n) is 55.1. The number of amides is 4. The third-order valence-electron chi connectivity index (χ3n) is 18.5. The van der Waals surface area contributed by atoms with E-state index in [4.69, 9.17) is 40.1 Å². The first kappa shape index (κ1) is 72.5. The Labute approximate surface area is 627 Å². The molecule has 4 amide bonds. The van der Waals surface area contributed by atoms with Gasteiger partial charge >= 0.3 is 0 Å². The number of thiazole rings is 2. The zero-order valence-corrected chi connectivity index (χ0v) is 62.2. The Balaban J connectivity index is 0.000000168. The number of aromatic nitrogens is 2. The van der Waals surface area contributed by atoms with Gasteiger partial charge in [0.15, 0.2) is 10.3 Å². The molecule has 540 valence electrons. The second kappa shape index (κ2) is 30.8. The van der Waals surface area contributed by atoms with Crippen LogP contribution in [0.4, 0.5) is 55.1 Å². The lowest BCUT2D eigenvalue weighted by Gasteiger charge is -2.38. The number of nitrogens with zero attached hydrogens (tertiary/aromatic N) is 10. The molecule has 3 atom stereocenters. The molecule has 24 nitrogen and oxygen atoms in total. The van der Waals surface area contributed by atoms with Crippen LogP contribution in [0.2, 0.25) is 15.1 Å². The molecule has 103 heavy (non-hydrogen) atoms. The van der Waals surface area contributed by atoms with E-state index in [1.54, 1.807) is 79.4 Å². The molecular weight excluding hydrogens is 1500 g/mol. The van der Waals surface area contributed by atoms with Gasteiger partial charge in [-0.1, -0.05) is 40.9 Å². The maximum absolute atomic E-state index is 13.3. The number of benzene rings is 6. The Hall–Kier alpha value is -8.87. The van der Waals surface area contributed by atoms with Crippen LogP contribution < -0.4 is 48.9 Å². The summed E-state index contributed by atoms with van der Waals surface area (Å²) >= 11 is 22.3. The van der Waals surface area contributed by atoms with E-state index in [9.17, 15) is 44.4 Å². The van der Waals surface area contributed by atoms with Crippen molar-refractivity contribution >= 4 is 178 Å². The van der Waals surface area contributed by atoms with Crippen LogP contribution in [0.5, 0.6) is 0 Å². The number of rotatable bonds is 17. The van der Waals surface area contributed by atoms with Gasteiger partial charge in [0.25, 0.3) is 30.1 Å². The number of carbonyl (C=O) groups excluding carboxylic acids is 4. The predicted molar refractivity (Wildman–Crippen MR) is 413 cm³/mol. The normalized spacial score (nSPS) is 18.4. The van der Waals surface area contributed by atoms with Crippen LogP contribution >= 0.6 is 68.8 Å². The van der Waals surface area contributed by atoms with Gasteiger partial charge in [-0.05, 0) is 182 Å². The van der Waals surface area contributed by atoms with Gasteiger partial charge in [0.1, 0.15) is 23.2 Å². The third kappa shape index (κ3) is 16.0. The van der Waals surface area contributed by atoms with Crippen molar-refractivity contribution < 1.29 is 48.7 Å². The number of nitriles is 1. The highest BCUT2D eigenvalue weighted by Gasteiger charge is 2.42. The lowest BCUT2D eigenvalue weighted by molar-refractivity contribution is -0.122. The van der Waals surface area contributed by atoms with E-state index in [1.165, 1.54) is 78.4 Å². The molecule has 6 aromatic carbocycles. The number of sulfonamides is 3. The molecule has 4 fully saturated rings. The van der Waals surface area contributed by atoms with Crippen molar-refractivity contribution in [2.24, 2.45) is 0 Å². The standard InChI is InChI=1S/C24H21ClN4O3S2.C23H23Cl2N5O3S2.C23H23N5O4S2.3H2/c25-18-3-8-21-16(14-18)2-1-11-29(21)22-9-12-28(24(22)30)19-4-6-20(7-5-19)34(31,32)27-23-17(15-26)10-13-33-23;24-18-2-1-3-19(21(18)25)28-11-13-29(14-12-28)20-8-10-30(22(20)31)16-4-6-17(7-5-16)35(32,33)27-23-26-9-15-34-23;1-15(29)25-17-2-7-20-16(14-17)8-11-28(20)21-9-12-27(22(21)30)18-3-5-19(6-4-18)34(31,32)26-23-24-10-13-33-23;;;/h3-8,10,13-14,22,27H,1-2,9,11-12H2;1-7,9,15,20H,8,10-14H2,(H,26,27);2-7,10,13-14,21H,8-9,11-12H2,1H3,(H,24,26)(H,25,29);3*1H/t22-;20-;21-;;;/m000.../s1. The summed E-state index contributed by atoms with van der Waals surface area (Å²) in [4.78, 5) is 73.3. The molecule has 9 aromatic rings. The van der Waals surface area contributed by atoms with E-state index in [-0.39, 0.29) is 71.3 Å². The quantitative estimate of drug-likeness (QED) is 0.0659. The molecule has 0 radical (unpaired) electrons. The maximum atomic E-state index is 13.3. The molecule has 0 unspecified atom stereocenters.